The Morgan fingerprint density at radius 3 is 2.71 bits per heavy atom. The van der Waals surface area contributed by atoms with E-state index in [0.717, 1.165) is 18.9 Å². The third kappa shape index (κ3) is 1.87. The van der Waals surface area contributed by atoms with E-state index in [9.17, 15) is 13.2 Å². The lowest BCUT2D eigenvalue weighted by Gasteiger charge is -2.06. The standard InChI is InChI=1S/C11H10F3N3/c12-11(13,14)8-2-1-3-9-10(8)15-16-17(9)6-7-4-5-7/h1-3,7H,4-6H2. The Hall–Kier alpha value is -1.59. The summed E-state index contributed by atoms with van der Waals surface area (Å²) in [7, 11) is 0. The molecule has 1 aromatic carbocycles. The summed E-state index contributed by atoms with van der Waals surface area (Å²) in [6, 6.07) is 4.07. The molecule has 1 fully saturated rings. The number of rotatable bonds is 2. The number of benzene rings is 1. The van der Waals surface area contributed by atoms with Crippen molar-refractivity contribution in [1.29, 1.82) is 0 Å². The van der Waals surface area contributed by atoms with Gasteiger partial charge >= 0.3 is 6.18 Å². The predicted molar refractivity (Wildman–Crippen MR) is 55.3 cm³/mol. The number of hydrogen-bond acceptors (Lipinski definition) is 2. The van der Waals surface area contributed by atoms with Gasteiger partial charge in [0.2, 0.25) is 0 Å². The van der Waals surface area contributed by atoms with Crippen LogP contribution in [0.15, 0.2) is 18.2 Å². The summed E-state index contributed by atoms with van der Waals surface area (Å²) >= 11 is 0. The fourth-order valence-electron chi connectivity index (χ4n) is 1.90. The number of aromatic nitrogens is 3. The largest absolute Gasteiger partial charge is 0.418 e. The minimum atomic E-state index is -4.38. The maximum Gasteiger partial charge on any atom is 0.418 e. The van der Waals surface area contributed by atoms with Gasteiger partial charge in [0.25, 0.3) is 0 Å². The Morgan fingerprint density at radius 2 is 2.06 bits per heavy atom. The Bertz CT molecular complexity index is 555. The van der Waals surface area contributed by atoms with Gasteiger partial charge in [-0.15, -0.1) is 5.10 Å². The Balaban J connectivity index is 2.10. The first-order chi connectivity index (χ1) is 8.05. The van der Waals surface area contributed by atoms with E-state index in [1.807, 2.05) is 0 Å². The molecular formula is C11H10F3N3. The first-order valence-corrected chi connectivity index (χ1v) is 5.45. The molecule has 0 aliphatic heterocycles. The molecular weight excluding hydrogens is 231 g/mol. The molecule has 0 N–H and O–H groups in total. The van der Waals surface area contributed by atoms with Crippen LogP contribution in [0.2, 0.25) is 0 Å². The van der Waals surface area contributed by atoms with Gasteiger partial charge in [-0.2, -0.15) is 13.2 Å². The summed E-state index contributed by atoms with van der Waals surface area (Å²) in [5, 5.41) is 7.48. The fourth-order valence-corrected chi connectivity index (χ4v) is 1.90. The fraction of sp³-hybridized carbons (Fsp3) is 0.455. The van der Waals surface area contributed by atoms with E-state index >= 15 is 0 Å². The zero-order chi connectivity index (χ0) is 12.0. The molecule has 1 aliphatic rings. The molecule has 6 heteroatoms. The lowest BCUT2D eigenvalue weighted by atomic mass is 10.2. The molecule has 1 heterocycles. The van der Waals surface area contributed by atoms with Crippen molar-refractivity contribution in [2.75, 3.05) is 0 Å². The number of alkyl halides is 3. The number of nitrogens with zero attached hydrogens (tertiary/aromatic N) is 3. The molecule has 0 spiro atoms. The van der Waals surface area contributed by atoms with Crippen molar-refractivity contribution in [2.45, 2.75) is 25.6 Å². The van der Waals surface area contributed by atoms with Gasteiger partial charge in [0.05, 0.1) is 11.1 Å². The first-order valence-electron chi connectivity index (χ1n) is 5.45. The van der Waals surface area contributed by atoms with E-state index in [1.54, 1.807) is 10.7 Å². The van der Waals surface area contributed by atoms with Gasteiger partial charge in [0, 0.05) is 6.54 Å². The van der Waals surface area contributed by atoms with Crippen molar-refractivity contribution in [1.82, 2.24) is 15.0 Å². The molecule has 0 saturated heterocycles. The van der Waals surface area contributed by atoms with Crippen molar-refractivity contribution in [3.63, 3.8) is 0 Å². The van der Waals surface area contributed by atoms with Crippen LogP contribution in [0.25, 0.3) is 11.0 Å². The van der Waals surface area contributed by atoms with Crippen LogP contribution >= 0.6 is 0 Å². The van der Waals surface area contributed by atoms with Gasteiger partial charge in [-0.3, -0.25) is 0 Å². The summed E-state index contributed by atoms with van der Waals surface area (Å²) in [4.78, 5) is 0. The lowest BCUT2D eigenvalue weighted by molar-refractivity contribution is -0.136. The van der Waals surface area contributed by atoms with Gasteiger partial charge in [-0.05, 0) is 30.9 Å². The maximum absolute atomic E-state index is 12.7. The molecule has 0 bridgehead atoms. The maximum atomic E-state index is 12.7. The average Bonchev–Trinajstić information content (AvgIpc) is 2.97. The average molecular weight is 241 g/mol. The molecule has 0 unspecified atom stereocenters. The molecule has 1 aliphatic carbocycles. The molecule has 1 aromatic heterocycles. The Labute approximate surface area is 95.2 Å². The molecule has 17 heavy (non-hydrogen) atoms. The summed E-state index contributed by atoms with van der Waals surface area (Å²) < 4.78 is 39.7. The van der Waals surface area contributed by atoms with Crippen molar-refractivity contribution in [3.05, 3.63) is 23.8 Å². The van der Waals surface area contributed by atoms with E-state index in [4.69, 9.17) is 0 Å². The number of hydrogen-bond donors (Lipinski definition) is 0. The van der Waals surface area contributed by atoms with E-state index < -0.39 is 11.7 Å². The zero-order valence-corrected chi connectivity index (χ0v) is 8.91. The summed E-state index contributed by atoms with van der Waals surface area (Å²) in [5.41, 5.74) is -0.301. The third-order valence-corrected chi connectivity index (χ3v) is 2.98. The molecule has 0 amide bonds. The van der Waals surface area contributed by atoms with Crippen molar-refractivity contribution in [2.24, 2.45) is 5.92 Å². The second-order valence-corrected chi connectivity index (χ2v) is 4.39. The second kappa shape index (κ2) is 3.45. The molecule has 3 nitrogen and oxygen atoms in total. The van der Waals surface area contributed by atoms with Crippen LogP contribution in [-0.4, -0.2) is 15.0 Å². The number of fused-ring (bicyclic) bond motifs is 1. The van der Waals surface area contributed by atoms with Crippen molar-refractivity contribution >= 4 is 11.0 Å². The zero-order valence-electron chi connectivity index (χ0n) is 8.91. The van der Waals surface area contributed by atoms with Crippen LogP contribution in [0, 0.1) is 5.92 Å². The van der Waals surface area contributed by atoms with Gasteiger partial charge in [-0.1, -0.05) is 11.3 Å². The van der Waals surface area contributed by atoms with Crippen LogP contribution < -0.4 is 0 Å². The highest BCUT2D eigenvalue weighted by molar-refractivity contribution is 5.78. The topological polar surface area (TPSA) is 30.7 Å². The highest BCUT2D eigenvalue weighted by atomic mass is 19.4. The SMILES string of the molecule is FC(F)(F)c1cccc2c1nnn2CC1CC1. The molecule has 2 aromatic rings. The normalized spacial score (nSPS) is 16.6. The highest BCUT2D eigenvalue weighted by Gasteiger charge is 2.34. The van der Waals surface area contributed by atoms with E-state index in [0.29, 0.717) is 18.0 Å². The molecule has 0 radical (unpaired) electrons. The minimum Gasteiger partial charge on any atom is -0.244 e. The van der Waals surface area contributed by atoms with Crippen LogP contribution in [0.1, 0.15) is 18.4 Å². The summed E-state index contributed by atoms with van der Waals surface area (Å²) in [6.07, 6.45) is -2.12. The third-order valence-electron chi connectivity index (χ3n) is 2.98. The van der Waals surface area contributed by atoms with Crippen LogP contribution in [0.3, 0.4) is 0 Å². The molecule has 1 saturated carbocycles. The first kappa shape index (κ1) is 10.6. The monoisotopic (exact) mass is 241 g/mol. The second-order valence-electron chi connectivity index (χ2n) is 4.39. The Morgan fingerprint density at radius 1 is 1.29 bits per heavy atom. The van der Waals surface area contributed by atoms with Crippen molar-refractivity contribution in [3.8, 4) is 0 Å². The van der Waals surface area contributed by atoms with E-state index in [2.05, 4.69) is 10.3 Å². The highest BCUT2D eigenvalue weighted by Crippen LogP contribution is 2.35. The summed E-state index contributed by atoms with van der Waals surface area (Å²) in [6.45, 7) is 0.664. The number of halogens is 3. The van der Waals surface area contributed by atoms with Gasteiger partial charge in [-0.25, -0.2) is 4.68 Å². The minimum absolute atomic E-state index is 0.0550. The van der Waals surface area contributed by atoms with Gasteiger partial charge in [0.1, 0.15) is 5.52 Å². The Kier molecular flexibility index (Phi) is 2.14. The van der Waals surface area contributed by atoms with Crippen molar-refractivity contribution < 1.29 is 13.2 Å². The predicted octanol–water partition coefficient (Wildman–Crippen LogP) is 2.86. The molecule has 90 valence electrons. The van der Waals surface area contributed by atoms with Crippen LogP contribution in [0.5, 0.6) is 0 Å². The van der Waals surface area contributed by atoms with E-state index in [-0.39, 0.29) is 5.52 Å². The lowest BCUT2D eigenvalue weighted by Crippen LogP contribution is -2.06. The molecule has 0 atom stereocenters. The van der Waals surface area contributed by atoms with Gasteiger partial charge in [0.15, 0.2) is 0 Å². The quantitative estimate of drug-likeness (QED) is 0.809. The van der Waals surface area contributed by atoms with Crippen LogP contribution in [0.4, 0.5) is 13.2 Å². The summed E-state index contributed by atoms with van der Waals surface area (Å²) in [5.74, 6) is 0.550. The van der Waals surface area contributed by atoms with Crippen LogP contribution in [-0.2, 0) is 12.7 Å². The molecule has 3 rings (SSSR count). The smallest absolute Gasteiger partial charge is 0.244 e. The van der Waals surface area contributed by atoms with Gasteiger partial charge < -0.3 is 0 Å². The van der Waals surface area contributed by atoms with E-state index in [1.165, 1.54) is 6.07 Å².